The number of non-ortho nitro benzene ring substituents is 1. The molecule has 0 fully saturated rings. The summed E-state index contributed by atoms with van der Waals surface area (Å²) in [6, 6.07) is 4.11. The van der Waals surface area contributed by atoms with Crippen LogP contribution in [0, 0.1) is 22.5 Å². The van der Waals surface area contributed by atoms with E-state index in [-0.39, 0.29) is 12.1 Å². The number of carboxylic acids is 1. The van der Waals surface area contributed by atoms with Gasteiger partial charge in [-0.3, -0.25) is 19.7 Å². The van der Waals surface area contributed by atoms with Crippen molar-refractivity contribution in [1.82, 2.24) is 0 Å². The standard InChI is InChI=1S/C13H16N2O5/c1-8-4-5-9(15(19)20)6-10(8)14-11(16)7-13(2,3)12(17)18/h4-6H,7H2,1-3H3,(H,14,16)(H,17,18). The number of carbonyl (C=O) groups excluding carboxylic acids is 1. The van der Waals surface area contributed by atoms with Gasteiger partial charge in [-0.25, -0.2) is 0 Å². The van der Waals surface area contributed by atoms with Crippen LogP contribution in [0.4, 0.5) is 11.4 Å². The highest BCUT2D eigenvalue weighted by molar-refractivity contribution is 5.94. The molecule has 1 aromatic rings. The van der Waals surface area contributed by atoms with Crippen molar-refractivity contribution >= 4 is 23.3 Å². The molecular formula is C13H16N2O5. The van der Waals surface area contributed by atoms with Gasteiger partial charge in [0.15, 0.2) is 0 Å². The van der Waals surface area contributed by atoms with Gasteiger partial charge in [0.05, 0.1) is 16.0 Å². The predicted molar refractivity (Wildman–Crippen MR) is 72.5 cm³/mol. The fourth-order valence-corrected chi connectivity index (χ4v) is 1.53. The number of nitrogens with one attached hydrogen (secondary N) is 1. The van der Waals surface area contributed by atoms with E-state index in [9.17, 15) is 19.7 Å². The molecule has 7 heteroatoms. The largest absolute Gasteiger partial charge is 0.481 e. The lowest BCUT2D eigenvalue weighted by Gasteiger charge is -2.18. The number of nitro groups is 1. The van der Waals surface area contributed by atoms with E-state index in [4.69, 9.17) is 5.11 Å². The highest BCUT2D eigenvalue weighted by atomic mass is 16.6. The molecule has 0 aliphatic carbocycles. The highest BCUT2D eigenvalue weighted by Gasteiger charge is 2.30. The van der Waals surface area contributed by atoms with E-state index in [1.165, 1.54) is 32.0 Å². The van der Waals surface area contributed by atoms with Crippen LogP contribution in [0.5, 0.6) is 0 Å². The molecule has 0 aliphatic rings. The Bertz CT molecular complexity index is 566. The van der Waals surface area contributed by atoms with Gasteiger partial charge in [-0.15, -0.1) is 0 Å². The summed E-state index contributed by atoms with van der Waals surface area (Å²) in [4.78, 5) is 32.9. The lowest BCUT2D eigenvalue weighted by atomic mass is 9.89. The van der Waals surface area contributed by atoms with Gasteiger partial charge in [0, 0.05) is 18.6 Å². The summed E-state index contributed by atoms with van der Waals surface area (Å²) in [6.07, 6.45) is -0.218. The second-order valence-corrected chi connectivity index (χ2v) is 5.17. The summed E-state index contributed by atoms with van der Waals surface area (Å²) in [6.45, 7) is 4.58. The van der Waals surface area contributed by atoms with Crippen LogP contribution in [0.15, 0.2) is 18.2 Å². The summed E-state index contributed by atoms with van der Waals surface area (Å²) in [5.74, 6) is -1.58. The SMILES string of the molecule is Cc1ccc([N+](=O)[O-])cc1NC(=O)CC(C)(C)C(=O)O. The average Bonchev–Trinajstić information content (AvgIpc) is 2.30. The van der Waals surface area contributed by atoms with Crippen molar-refractivity contribution in [2.75, 3.05) is 5.32 Å². The second-order valence-electron chi connectivity index (χ2n) is 5.17. The Kier molecular flexibility index (Phi) is 4.44. The lowest BCUT2D eigenvalue weighted by molar-refractivity contribution is -0.384. The third-order valence-electron chi connectivity index (χ3n) is 2.89. The van der Waals surface area contributed by atoms with Crippen molar-refractivity contribution in [3.8, 4) is 0 Å². The highest BCUT2D eigenvalue weighted by Crippen LogP contribution is 2.25. The molecule has 1 rings (SSSR count). The number of hydrogen-bond acceptors (Lipinski definition) is 4. The van der Waals surface area contributed by atoms with Crippen LogP contribution in [0.1, 0.15) is 25.8 Å². The molecular weight excluding hydrogens is 264 g/mol. The molecule has 0 saturated carbocycles. The first-order valence-corrected chi connectivity index (χ1v) is 5.92. The van der Waals surface area contributed by atoms with Crippen LogP contribution in [0.2, 0.25) is 0 Å². The normalized spacial score (nSPS) is 10.9. The van der Waals surface area contributed by atoms with E-state index in [0.29, 0.717) is 11.3 Å². The Morgan fingerprint density at radius 1 is 1.40 bits per heavy atom. The minimum Gasteiger partial charge on any atom is -0.481 e. The number of amides is 1. The Hall–Kier alpha value is -2.44. The van der Waals surface area contributed by atoms with Gasteiger partial charge in [0.25, 0.3) is 5.69 Å². The van der Waals surface area contributed by atoms with Gasteiger partial charge in [-0.2, -0.15) is 0 Å². The van der Waals surface area contributed by atoms with E-state index < -0.39 is 22.2 Å². The number of anilines is 1. The summed E-state index contributed by atoms with van der Waals surface area (Å²) in [5.41, 5.74) is -0.357. The molecule has 0 atom stereocenters. The molecule has 2 N–H and O–H groups in total. The van der Waals surface area contributed by atoms with E-state index in [0.717, 1.165) is 0 Å². The monoisotopic (exact) mass is 280 g/mol. The molecule has 0 bridgehead atoms. The van der Waals surface area contributed by atoms with Crippen molar-refractivity contribution < 1.29 is 19.6 Å². The number of rotatable bonds is 5. The van der Waals surface area contributed by atoms with Gasteiger partial charge >= 0.3 is 5.97 Å². The summed E-state index contributed by atoms with van der Waals surface area (Å²) in [5, 5.41) is 22.2. The molecule has 108 valence electrons. The number of carbonyl (C=O) groups is 2. The fourth-order valence-electron chi connectivity index (χ4n) is 1.53. The minimum atomic E-state index is -1.20. The molecule has 0 radical (unpaired) electrons. The fraction of sp³-hybridized carbons (Fsp3) is 0.385. The summed E-state index contributed by atoms with van der Waals surface area (Å²) >= 11 is 0. The zero-order valence-corrected chi connectivity index (χ0v) is 11.5. The van der Waals surface area contributed by atoms with E-state index in [1.807, 2.05) is 0 Å². The molecule has 0 spiro atoms. The first-order valence-electron chi connectivity index (χ1n) is 5.92. The maximum absolute atomic E-state index is 11.8. The molecule has 0 aromatic heterocycles. The molecule has 0 aliphatic heterocycles. The van der Waals surface area contributed by atoms with Gasteiger partial charge in [-0.1, -0.05) is 6.07 Å². The van der Waals surface area contributed by atoms with Crippen molar-refractivity contribution in [2.24, 2.45) is 5.41 Å². The topological polar surface area (TPSA) is 110 Å². The zero-order chi connectivity index (χ0) is 15.5. The third-order valence-corrected chi connectivity index (χ3v) is 2.89. The van der Waals surface area contributed by atoms with Crippen molar-refractivity contribution in [3.63, 3.8) is 0 Å². The van der Waals surface area contributed by atoms with Gasteiger partial charge in [-0.05, 0) is 26.3 Å². The molecule has 0 heterocycles. The number of aliphatic carboxylic acids is 1. The van der Waals surface area contributed by atoms with Crippen LogP contribution in [0.25, 0.3) is 0 Å². The summed E-state index contributed by atoms with van der Waals surface area (Å²) < 4.78 is 0. The molecule has 0 unspecified atom stereocenters. The van der Waals surface area contributed by atoms with Crippen LogP contribution >= 0.6 is 0 Å². The smallest absolute Gasteiger partial charge is 0.309 e. The van der Waals surface area contributed by atoms with Gasteiger partial charge < -0.3 is 10.4 Å². The zero-order valence-electron chi connectivity index (χ0n) is 11.5. The Balaban J connectivity index is 2.88. The van der Waals surface area contributed by atoms with Crippen molar-refractivity contribution in [1.29, 1.82) is 0 Å². The number of aryl methyl sites for hydroxylation is 1. The maximum Gasteiger partial charge on any atom is 0.309 e. The molecule has 0 saturated heterocycles. The Morgan fingerprint density at radius 3 is 2.50 bits per heavy atom. The first-order chi connectivity index (χ1) is 9.13. The molecule has 20 heavy (non-hydrogen) atoms. The molecule has 1 amide bonds. The van der Waals surface area contributed by atoms with Crippen molar-refractivity contribution in [2.45, 2.75) is 27.2 Å². The number of carboxylic acid groups (broad SMARTS) is 1. The van der Waals surface area contributed by atoms with E-state index in [2.05, 4.69) is 5.32 Å². The van der Waals surface area contributed by atoms with Crippen LogP contribution in [-0.2, 0) is 9.59 Å². The molecule has 1 aromatic carbocycles. The van der Waals surface area contributed by atoms with Crippen LogP contribution < -0.4 is 5.32 Å². The maximum atomic E-state index is 11.8. The van der Waals surface area contributed by atoms with E-state index >= 15 is 0 Å². The number of nitrogens with zero attached hydrogens (tertiary/aromatic N) is 1. The van der Waals surface area contributed by atoms with Crippen LogP contribution in [-0.4, -0.2) is 21.9 Å². The molecule has 7 nitrogen and oxygen atoms in total. The minimum absolute atomic E-state index is 0.136. The second kappa shape index (κ2) is 5.68. The average molecular weight is 280 g/mol. The van der Waals surface area contributed by atoms with Gasteiger partial charge in [0.2, 0.25) is 5.91 Å². The third kappa shape index (κ3) is 3.78. The van der Waals surface area contributed by atoms with Crippen molar-refractivity contribution in [3.05, 3.63) is 33.9 Å². The lowest BCUT2D eigenvalue weighted by Crippen LogP contribution is -2.29. The number of hydrogen-bond donors (Lipinski definition) is 2. The summed E-state index contributed by atoms with van der Waals surface area (Å²) in [7, 11) is 0. The Morgan fingerprint density at radius 2 is 2.00 bits per heavy atom. The Labute approximate surface area is 115 Å². The quantitative estimate of drug-likeness (QED) is 0.635. The van der Waals surface area contributed by atoms with Crippen LogP contribution in [0.3, 0.4) is 0 Å². The predicted octanol–water partition coefficient (Wildman–Crippen LogP) is 2.34. The van der Waals surface area contributed by atoms with E-state index in [1.54, 1.807) is 6.92 Å². The van der Waals surface area contributed by atoms with Gasteiger partial charge in [0.1, 0.15) is 0 Å². The first kappa shape index (κ1) is 15.6. The number of benzene rings is 1. The number of nitro benzene ring substituents is 1.